The normalized spacial score (nSPS) is 10.8. The molecule has 22 heavy (non-hydrogen) atoms. The van der Waals surface area contributed by atoms with Crippen molar-refractivity contribution in [2.45, 2.75) is 6.54 Å². The minimum absolute atomic E-state index is 0.210. The average Bonchev–Trinajstić information content (AvgIpc) is 2.85. The fourth-order valence-corrected chi connectivity index (χ4v) is 2.74. The zero-order valence-corrected chi connectivity index (χ0v) is 12.9. The highest BCUT2D eigenvalue weighted by atomic mass is 35.5. The number of halogens is 2. The van der Waals surface area contributed by atoms with Crippen molar-refractivity contribution in [2.24, 2.45) is 0 Å². The molecule has 0 bridgehead atoms. The second-order valence-corrected chi connectivity index (χ2v) is 5.70. The minimum atomic E-state index is -0.210. The van der Waals surface area contributed by atoms with Gasteiger partial charge in [-0.05, 0) is 42.0 Å². The van der Waals surface area contributed by atoms with E-state index in [1.807, 2.05) is 0 Å². The maximum absolute atomic E-state index is 12.2. The Kier molecular flexibility index (Phi) is 3.92. The average molecular weight is 335 g/mol. The first-order valence-electron chi connectivity index (χ1n) is 6.50. The molecule has 0 unspecified atom stereocenters. The number of aromatic amines is 1. The Morgan fingerprint density at radius 2 is 1.91 bits per heavy atom. The third kappa shape index (κ3) is 3.00. The number of fused-ring (bicyclic) bond motifs is 1. The van der Waals surface area contributed by atoms with E-state index in [2.05, 4.69) is 15.5 Å². The molecular weight excluding hydrogens is 323 g/mol. The van der Waals surface area contributed by atoms with Crippen molar-refractivity contribution in [3.8, 4) is 0 Å². The van der Waals surface area contributed by atoms with Gasteiger partial charge in [0.25, 0.3) is 5.91 Å². The highest BCUT2D eigenvalue weighted by Crippen LogP contribution is 2.20. The van der Waals surface area contributed by atoms with E-state index in [1.165, 1.54) is 0 Å². The molecule has 7 heteroatoms. The largest absolute Gasteiger partial charge is 0.382 e. The molecule has 0 atom stereocenters. The van der Waals surface area contributed by atoms with Crippen LogP contribution in [0.1, 0.15) is 15.9 Å². The number of rotatable bonds is 3. The summed E-state index contributed by atoms with van der Waals surface area (Å²) in [5.41, 5.74) is 7.86. The molecule has 0 aliphatic heterocycles. The van der Waals surface area contributed by atoms with Gasteiger partial charge in [0.2, 0.25) is 0 Å². The predicted octanol–water partition coefficient (Wildman–Crippen LogP) is 3.38. The fourth-order valence-electron chi connectivity index (χ4n) is 2.17. The number of nitrogens with two attached hydrogens (primary N) is 1. The lowest BCUT2D eigenvalue weighted by atomic mass is 10.1. The molecule has 3 aromatic rings. The van der Waals surface area contributed by atoms with Crippen molar-refractivity contribution < 1.29 is 4.79 Å². The fraction of sp³-hybridized carbons (Fsp3) is 0.0667. The molecule has 1 heterocycles. The summed E-state index contributed by atoms with van der Waals surface area (Å²) < 4.78 is 0. The number of hydrogen-bond donors (Lipinski definition) is 3. The first kappa shape index (κ1) is 14.7. The Morgan fingerprint density at radius 3 is 2.64 bits per heavy atom. The van der Waals surface area contributed by atoms with E-state index < -0.39 is 0 Å². The molecule has 0 aliphatic rings. The molecule has 0 fully saturated rings. The van der Waals surface area contributed by atoms with E-state index >= 15 is 0 Å². The number of nitrogens with one attached hydrogen (secondary N) is 2. The van der Waals surface area contributed by atoms with Gasteiger partial charge in [0, 0.05) is 27.5 Å². The summed E-state index contributed by atoms with van der Waals surface area (Å²) in [5, 5.41) is 11.3. The third-order valence-electron chi connectivity index (χ3n) is 3.23. The lowest BCUT2D eigenvalue weighted by Crippen LogP contribution is -2.22. The number of amides is 1. The van der Waals surface area contributed by atoms with Crippen molar-refractivity contribution in [2.75, 3.05) is 5.73 Å². The Morgan fingerprint density at radius 1 is 1.18 bits per heavy atom. The van der Waals surface area contributed by atoms with Crippen LogP contribution in [0.25, 0.3) is 10.9 Å². The van der Waals surface area contributed by atoms with E-state index in [-0.39, 0.29) is 5.91 Å². The van der Waals surface area contributed by atoms with Gasteiger partial charge >= 0.3 is 0 Å². The maximum Gasteiger partial charge on any atom is 0.251 e. The molecule has 0 saturated heterocycles. The molecule has 3 rings (SSSR count). The van der Waals surface area contributed by atoms with Crippen LogP contribution >= 0.6 is 23.2 Å². The quantitative estimate of drug-likeness (QED) is 0.686. The van der Waals surface area contributed by atoms with Crippen LogP contribution in [0.3, 0.4) is 0 Å². The van der Waals surface area contributed by atoms with E-state index in [0.29, 0.717) is 28.0 Å². The summed E-state index contributed by atoms with van der Waals surface area (Å²) >= 11 is 11.9. The van der Waals surface area contributed by atoms with Crippen LogP contribution in [0.4, 0.5) is 5.82 Å². The topological polar surface area (TPSA) is 83.8 Å². The number of hydrogen-bond acceptors (Lipinski definition) is 3. The number of benzene rings is 2. The van der Waals surface area contributed by atoms with Crippen LogP contribution < -0.4 is 11.1 Å². The summed E-state index contributed by atoms with van der Waals surface area (Å²) in [7, 11) is 0. The van der Waals surface area contributed by atoms with Crippen LogP contribution in [-0.4, -0.2) is 16.1 Å². The molecule has 5 nitrogen and oxygen atoms in total. The molecule has 0 radical (unpaired) electrons. The Bertz CT molecular complexity index is 840. The lowest BCUT2D eigenvalue weighted by molar-refractivity contribution is 0.0951. The van der Waals surface area contributed by atoms with E-state index in [0.717, 1.165) is 16.5 Å². The van der Waals surface area contributed by atoms with Crippen molar-refractivity contribution >= 4 is 45.8 Å². The third-order valence-corrected chi connectivity index (χ3v) is 3.67. The van der Waals surface area contributed by atoms with Gasteiger partial charge in [-0.15, -0.1) is 0 Å². The Labute approximate surface area is 136 Å². The van der Waals surface area contributed by atoms with Gasteiger partial charge in [0.15, 0.2) is 5.82 Å². The number of aromatic nitrogens is 2. The number of carbonyl (C=O) groups excluding carboxylic acids is 1. The zero-order chi connectivity index (χ0) is 15.7. The molecule has 112 valence electrons. The summed E-state index contributed by atoms with van der Waals surface area (Å²) in [5.74, 6) is 0.157. The van der Waals surface area contributed by atoms with Gasteiger partial charge in [0.1, 0.15) is 0 Å². The lowest BCUT2D eigenvalue weighted by Gasteiger charge is -2.07. The van der Waals surface area contributed by atoms with Crippen LogP contribution in [0, 0.1) is 0 Å². The molecule has 0 spiro atoms. The van der Waals surface area contributed by atoms with Crippen LogP contribution in [0.5, 0.6) is 0 Å². The number of anilines is 1. The molecule has 0 aliphatic carbocycles. The van der Waals surface area contributed by atoms with Crippen molar-refractivity contribution in [1.29, 1.82) is 0 Å². The SMILES string of the molecule is Nc1n[nH]c2ccc(C(=O)NCc3cc(Cl)cc(Cl)c3)cc12. The molecule has 0 saturated carbocycles. The monoisotopic (exact) mass is 334 g/mol. The highest BCUT2D eigenvalue weighted by Gasteiger charge is 2.09. The number of carbonyl (C=O) groups is 1. The predicted molar refractivity (Wildman–Crippen MR) is 88.1 cm³/mol. The second kappa shape index (κ2) is 5.87. The van der Waals surface area contributed by atoms with Gasteiger partial charge in [-0.1, -0.05) is 23.2 Å². The Balaban J connectivity index is 1.76. The zero-order valence-electron chi connectivity index (χ0n) is 11.4. The molecule has 1 amide bonds. The van der Waals surface area contributed by atoms with E-state index in [1.54, 1.807) is 36.4 Å². The number of H-pyrrole nitrogens is 1. The smallest absolute Gasteiger partial charge is 0.251 e. The first-order chi connectivity index (χ1) is 10.5. The standard InChI is InChI=1S/C15H12Cl2N4O/c16-10-3-8(4-11(17)6-10)7-19-15(22)9-1-2-13-12(5-9)14(18)21-20-13/h1-6H,7H2,(H,19,22)(H3,18,20,21). The van der Waals surface area contributed by atoms with Gasteiger partial charge in [0.05, 0.1) is 5.52 Å². The number of nitrogen functional groups attached to an aromatic ring is 1. The van der Waals surface area contributed by atoms with E-state index in [4.69, 9.17) is 28.9 Å². The highest BCUT2D eigenvalue weighted by molar-refractivity contribution is 6.34. The molecule has 1 aromatic heterocycles. The van der Waals surface area contributed by atoms with Crippen molar-refractivity contribution in [3.63, 3.8) is 0 Å². The summed E-state index contributed by atoms with van der Waals surface area (Å²) in [4.78, 5) is 12.2. The summed E-state index contributed by atoms with van der Waals surface area (Å²) in [6.45, 7) is 0.331. The van der Waals surface area contributed by atoms with Gasteiger partial charge in [-0.2, -0.15) is 5.10 Å². The molecule has 2 aromatic carbocycles. The first-order valence-corrected chi connectivity index (χ1v) is 7.25. The minimum Gasteiger partial charge on any atom is -0.382 e. The summed E-state index contributed by atoms with van der Waals surface area (Å²) in [6.07, 6.45) is 0. The van der Waals surface area contributed by atoms with E-state index in [9.17, 15) is 4.79 Å². The molecular formula is C15H12Cl2N4O. The number of nitrogens with zero attached hydrogens (tertiary/aromatic N) is 1. The maximum atomic E-state index is 12.2. The van der Waals surface area contributed by atoms with Gasteiger partial charge in [-0.25, -0.2) is 0 Å². The van der Waals surface area contributed by atoms with Crippen LogP contribution in [0.15, 0.2) is 36.4 Å². The Hall–Kier alpha value is -2.24. The molecule has 4 N–H and O–H groups in total. The van der Waals surface area contributed by atoms with Crippen molar-refractivity contribution in [3.05, 3.63) is 57.6 Å². The van der Waals surface area contributed by atoms with Gasteiger partial charge < -0.3 is 11.1 Å². The van der Waals surface area contributed by atoms with Gasteiger partial charge in [-0.3, -0.25) is 9.89 Å². The van der Waals surface area contributed by atoms with Crippen LogP contribution in [0.2, 0.25) is 10.0 Å². The summed E-state index contributed by atoms with van der Waals surface area (Å²) in [6, 6.07) is 10.3. The van der Waals surface area contributed by atoms with Crippen molar-refractivity contribution in [1.82, 2.24) is 15.5 Å². The van der Waals surface area contributed by atoms with Crippen LogP contribution in [-0.2, 0) is 6.54 Å². The second-order valence-electron chi connectivity index (χ2n) is 4.83.